The highest BCUT2D eigenvalue weighted by molar-refractivity contribution is 5.78. The molecule has 1 fully saturated rings. The first-order valence-electron chi connectivity index (χ1n) is 10.9. The van der Waals surface area contributed by atoms with Gasteiger partial charge in [-0.25, -0.2) is 4.79 Å². The Morgan fingerprint density at radius 3 is 2.33 bits per heavy atom. The molecule has 1 aliphatic rings. The Labute approximate surface area is 180 Å². The number of hydrogen-bond acceptors (Lipinski definition) is 5. The number of nitrogens with zero attached hydrogens (tertiary/aromatic N) is 3. The molecule has 1 aromatic rings. The molecule has 0 radical (unpaired) electrons. The van der Waals surface area contributed by atoms with Crippen molar-refractivity contribution in [3.05, 3.63) is 29.8 Å². The molecule has 0 saturated carbocycles. The number of ether oxygens (including phenoxy) is 2. The largest absolute Gasteiger partial charge is 0.497 e. The van der Waals surface area contributed by atoms with Crippen LogP contribution in [-0.2, 0) is 16.0 Å². The van der Waals surface area contributed by atoms with Crippen molar-refractivity contribution in [2.24, 2.45) is 5.92 Å². The van der Waals surface area contributed by atoms with Gasteiger partial charge in [0.15, 0.2) is 0 Å². The molecule has 30 heavy (non-hydrogen) atoms. The van der Waals surface area contributed by atoms with Gasteiger partial charge >= 0.3 is 6.09 Å². The van der Waals surface area contributed by atoms with Gasteiger partial charge in [0.05, 0.1) is 7.11 Å². The molecule has 7 heteroatoms. The summed E-state index contributed by atoms with van der Waals surface area (Å²) in [5.74, 6) is 1.02. The smallest absolute Gasteiger partial charge is 0.409 e. The van der Waals surface area contributed by atoms with Gasteiger partial charge in [0, 0.05) is 45.7 Å². The third-order valence-electron chi connectivity index (χ3n) is 5.87. The van der Waals surface area contributed by atoms with Crippen LogP contribution in [-0.4, -0.2) is 86.7 Å². The van der Waals surface area contributed by atoms with Crippen LogP contribution in [0.25, 0.3) is 0 Å². The van der Waals surface area contributed by atoms with Crippen molar-refractivity contribution in [2.45, 2.75) is 39.2 Å². The average molecular weight is 420 g/mol. The molecule has 1 aromatic carbocycles. The van der Waals surface area contributed by atoms with Gasteiger partial charge < -0.3 is 19.3 Å². The van der Waals surface area contributed by atoms with Crippen molar-refractivity contribution in [1.82, 2.24) is 14.7 Å². The maximum atomic E-state index is 12.4. The number of carbonyl (C=O) groups excluding carboxylic acids is 2. The van der Waals surface area contributed by atoms with Crippen LogP contribution >= 0.6 is 0 Å². The van der Waals surface area contributed by atoms with E-state index in [9.17, 15) is 9.59 Å². The summed E-state index contributed by atoms with van der Waals surface area (Å²) in [6, 6.07) is 8.49. The van der Waals surface area contributed by atoms with Gasteiger partial charge in [-0.2, -0.15) is 0 Å². The number of benzene rings is 1. The highest BCUT2D eigenvalue weighted by Gasteiger charge is 2.28. The molecule has 0 N–H and O–H groups in total. The van der Waals surface area contributed by atoms with Crippen molar-refractivity contribution in [2.75, 3.05) is 54.0 Å². The zero-order valence-electron chi connectivity index (χ0n) is 19.1. The molecular formula is C23H37N3O4. The number of likely N-dealkylation sites (tertiary alicyclic amines) is 1. The normalized spacial score (nSPS) is 15.7. The van der Waals surface area contributed by atoms with Crippen LogP contribution in [0.15, 0.2) is 24.3 Å². The third-order valence-corrected chi connectivity index (χ3v) is 5.87. The van der Waals surface area contributed by atoms with Crippen LogP contribution in [0.3, 0.4) is 0 Å². The minimum absolute atomic E-state index is 0.0124. The van der Waals surface area contributed by atoms with Crippen LogP contribution in [0.4, 0.5) is 4.79 Å². The van der Waals surface area contributed by atoms with Gasteiger partial charge in [-0.3, -0.25) is 9.69 Å². The Morgan fingerprint density at radius 2 is 1.80 bits per heavy atom. The number of carbonyl (C=O) groups is 2. The predicted molar refractivity (Wildman–Crippen MR) is 118 cm³/mol. The number of methoxy groups -OCH3 is 1. The summed E-state index contributed by atoms with van der Waals surface area (Å²) in [5, 5.41) is 0. The molecule has 168 valence electrons. The van der Waals surface area contributed by atoms with Crippen molar-refractivity contribution < 1.29 is 19.1 Å². The number of amides is 2. The molecule has 0 aromatic heterocycles. The summed E-state index contributed by atoms with van der Waals surface area (Å²) in [7, 11) is 5.22. The molecule has 2 rings (SSSR count). The summed E-state index contributed by atoms with van der Waals surface area (Å²) in [6.45, 7) is 7.45. The second kappa shape index (κ2) is 11.8. The molecule has 0 aliphatic carbocycles. The fourth-order valence-corrected chi connectivity index (χ4v) is 3.94. The minimum Gasteiger partial charge on any atom is -0.497 e. The van der Waals surface area contributed by atoms with E-state index in [4.69, 9.17) is 9.47 Å². The fourth-order valence-electron chi connectivity index (χ4n) is 3.94. The molecule has 1 atom stereocenters. The highest BCUT2D eigenvalue weighted by atomic mass is 16.6. The first-order chi connectivity index (χ1) is 14.3. The van der Waals surface area contributed by atoms with Gasteiger partial charge in [0.25, 0.3) is 0 Å². The van der Waals surface area contributed by atoms with Gasteiger partial charge in [-0.15, -0.1) is 0 Å². The standard InChI is InChI=1S/C23H37N3O4/c1-6-25(18(2)17-19-7-9-21(29-5)10-8-19)15-16-30-23(28)26-13-11-20(12-14-26)22(27)24(3)4/h7-10,18,20H,6,11-17H2,1-5H3. The van der Waals surface area contributed by atoms with Gasteiger partial charge in [0.2, 0.25) is 5.91 Å². The highest BCUT2D eigenvalue weighted by Crippen LogP contribution is 2.19. The van der Waals surface area contributed by atoms with Crippen LogP contribution in [0.2, 0.25) is 0 Å². The molecule has 1 saturated heterocycles. The second-order valence-electron chi connectivity index (χ2n) is 8.14. The Balaban J connectivity index is 1.73. The minimum atomic E-state index is -0.274. The summed E-state index contributed by atoms with van der Waals surface area (Å²) < 4.78 is 10.7. The number of hydrogen-bond donors (Lipinski definition) is 0. The number of rotatable bonds is 9. The summed E-state index contributed by atoms with van der Waals surface area (Å²) in [4.78, 5) is 30.1. The van der Waals surface area contributed by atoms with Crippen LogP contribution < -0.4 is 4.74 Å². The molecule has 1 heterocycles. The third kappa shape index (κ3) is 6.90. The van der Waals surface area contributed by atoms with Crippen LogP contribution in [0, 0.1) is 5.92 Å². The lowest BCUT2D eigenvalue weighted by Crippen LogP contribution is -2.44. The van der Waals surface area contributed by atoms with E-state index in [1.165, 1.54) is 5.56 Å². The van der Waals surface area contributed by atoms with Crippen molar-refractivity contribution in [3.8, 4) is 5.75 Å². The topological polar surface area (TPSA) is 62.3 Å². The number of piperidine rings is 1. The van der Waals surface area contributed by atoms with E-state index in [0.717, 1.165) is 18.7 Å². The van der Waals surface area contributed by atoms with Crippen molar-refractivity contribution in [1.29, 1.82) is 0 Å². The average Bonchev–Trinajstić information content (AvgIpc) is 2.76. The Hall–Kier alpha value is -2.28. The lowest BCUT2D eigenvalue weighted by Gasteiger charge is -2.32. The first kappa shape index (κ1) is 24.0. The Kier molecular flexibility index (Phi) is 9.43. The lowest BCUT2D eigenvalue weighted by atomic mass is 9.96. The zero-order valence-corrected chi connectivity index (χ0v) is 19.1. The first-order valence-corrected chi connectivity index (χ1v) is 10.9. The maximum absolute atomic E-state index is 12.4. The van der Waals surface area contributed by atoms with E-state index >= 15 is 0 Å². The second-order valence-corrected chi connectivity index (χ2v) is 8.14. The zero-order chi connectivity index (χ0) is 22.1. The van der Waals surface area contributed by atoms with Crippen molar-refractivity contribution >= 4 is 12.0 Å². The van der Waals surface area contributed by atoms with E-state index in [-0.39, 0.29) is 17.9 Å². The predicted octanol–water partition coefficient (Wildman–Crippen LogP) is 2.88. The monoisotopic (exact) mass is 419 g/mol. The van der Waals surface area contributed by atoms with E-state index < -0.39 is 0 Å². The van der Waals surface area contributed by atoms with E-state index in [0.29, 0.717) is 45.1 Å². The van der Waals surface area contributed by atoms with Crippen LogP contribution in [0.5, 0.6) is 5.75 Å². The van der Waals surface area contributed by atoms with Crippen LogP contribution in [0.1, 0.15) is 32.3 Å². The molecule has 0 spiro atoms. The lowest BCUT2D eigenvalue weighted by molar-refractivity contribution is -0.134. The molecular weight excluding hydrogens is 382 g/mol. The maximum Gasteiger partial charge on any atom is 0.409 e. The van der Waals surface area contributed by atoms with E-state index in [2.05, 4.69) is 30.9 Å². The fraction of sp³-hybridized carbons (Fsp3) is 0.652. The molecule has 2 amide bonds. The molecule has 7 nitrogen and oxygen atoms in total. The van der Waals surface area contributed by atoms with Gasteiger partial charge in [0.1, 0.15) is 12.4 Å². The molecule has 1 aliphatic heterocycles. The SMILES string of the molecule is CCN(CCOC(=O)N1CCC(C(=O)N(C)C)CC1)C(C)Cc1ccc(OC)cc1. The quantitative estimate of drug-likeness (QED) is 0.616. The van der Waals surface area contributed by atoms with E-state index in [1.54, 1.807) is 31.0 Å². The van der Waals surface area contributed by atoms with Crippen molar-refractivity contribution in [3.63, 3.8) is 0 Å². The summed E-state index contributed by atoms with van der Waals surface area (Å²) in [5.41, 5.74) is 1.26. The van der Waals surface area contributed by atoms with Gasteiger partial charge in [-0.1, -0.05) is 19.1 Å². The summed E-state index contributed by atoms with van der Waals surface area (Å²) >= 11 is 0. The molecule has 0 bridgehead atoms. The Morgan fingerprint density at radius 1 is 1.17 bits per heavy atom. The Bertz CT molecular complexity index is 670. The number of likely N-dealkylation sites (N-methyl/N-ethyl adjacent to an activating group) is 1. The van der Waals surface area contributed by atoms with E-state index in [1.807, 2.05) is 12.1 Å². The summed E-state index contributed by atoms with van der Waals surface area (Å²) in [6.07, 6.45) is 2.06. The van der Waals surface area contributed by atoms with Gasteiger partial charge in [-0.05, 0) is 50.4 Å². The molecule has 1 unspecified atom stereocenters.